The summed E-state index contributed by atoms with van der Waals surface area (Å²) in [6, 6.07) is 1.78. The van der Waals surface area contributed by atoms with Crippen LogP contribution in [-0.4, -0.2) is 33.6 Å². The topological polar surface area (TPSA) is 62.4 Å². The van der Waals surface area contributed by atoms with Crippen molar-refractivity contribution in [3.63, 3.8) is 0 Å². The quantitative estimate of drug-likeness (QED) is 0.874. The number of nitrogen functional groups attached to an aromatic ring is 1. The molecular formula is C15H23N3O. The van der Waals surface area contributed by atoms with E-state index in [1.165, 1.54) is 25.7 Å². The normalized spacial score (nSPS) is 24.7. The predicted molar refractivity (Wildman–Crippen MR) is 75.6 cm³/mol. The summed E-state index contributed by atoms with van der Waals surface area (Å²) in [6.45, 7) is 2.22. The molecule has 1 atom stereocenters. The smallest absolute Gasteiger partial charge is 0.101 e. The Labute approximate surface area is 114 Å². The predicted octanol–water partition coefficient (Wildman–Crippen LogP) is 2.11. The lowest BCUT2D eigenvalue weighted by Crippen LogP contribution is -2.49. The van der Waals surface area contributed by atoms with Gasteiger partial charge in [-0.15, -0.1) is 0 Å². The molecule has 1 aromatic rings. The molecule has 4 heteroatoms. The standard InChI is InChI=1S/C15H23N3O/c16-13-5-8-17-11-12(13)14(19)15(6-1-2-7-15)18-9-3-4-10-18/h5,8,11,14,19H,1-4,6-7,9-10H2,(H2,16,17). The van der Waals surface area contributed by atoms with Crippen molar-refractivity contribution in [1.29, 1.82) is 0 Å². The van der Waals surface area contributed by atoms with Gasteiger partial charge in [-0.1, -0.05) is 12.8 Å². The van der Waals surface area contributed by atoms with Crippen molar-refractivity contribution in [3.8, 4) is 0 Å². The molecule has 3 N–H and O–H groups in total. The maximum absolute atomic E-state index is 11.0. The van der Waals surface area contributed by atoms with Crippen LogP contribution in [0.4, 0.5) is 5.69 Å². The van der Waals surface area contributed by atoms with Crippen LogP contribution in [0.15, 0.2) is 18.5 Å². The number of anilines is 1. The number of aliphatic hydroxyl groups is 1. The molecule has 0 amide bonds. The van der Waals surface area contributed by atoms with Gasteiger partial charge in [-0.05, 0) is 44.8 Å². The van der Waals surface area contributed by atoms with E-state index in [-0.39, 0.29) is 5.54 Å². The molecule has 4 nitrogen and oxygen atoms in total. The van der Waals surface area contributed by atoms with Crippen LogP contribution in [0.5, 0.6) is 0 Å². The number of hydrogen-bond acceptors (Lipinski definition) is 4. The Morgan fingerprint density at radius 2 is 1.89 bits per heavy atom. The van der Waals surface area contributed by atoms with Crippen molar-refractivity contribution < 1.29 is 5.11 Å². The van der Waals surface area contributed by atoms with Gasteiger partial charge in [0.25, 0.3) is 0 Å². The molecule has 1 saturated carbocycles. The van der Waals surface area contributed by atoms with Crippen LogP contribution >= 0.6 is 0 Å². The minimum atomic E-state index is -0.512. The molecule has 3 rings (SSSR count). The van der Waals surface area contributed by atoms with Gasteiger partial charge in [0.15, 0.2) is 0 Å². The van der Waals surface area contributed by atoms with Gasteiger partial charge in [0.2, 0.25) is 0 Å². The van der Waals surface area contributed by atoms with Gasteiger partial charge < -0.3 is 10.8 Å². The van der Waals surface area contributed by atoms with Crippen LogP contribution in [0.25, 0.3) is 0 Å². The molecule has 2 heterocycles. The Morgan fingerprint density at radius 3 is 2.53 bits per heavy atom. The largest absolute Gasteiger partial charge is 0.398 e. The zero-order chi connectivity index (χ0) is 13.3. The Balaban J connectivity index is 1.94. The molecule has 2 fully saturated rings. The van der Waals surface area contributed by atoms with Gasteiger partial charge in [-0.25, -0.2) is 0 Å². The highest BCUT2D eigenvalue weighted by molar-refractivity contribution is 5.47. The van der Waals surface area contributed by atoms with Crippen molar-refractivity contribution in [2.75, 3.05) is 18.8 Å². The van der Waals surface area contributed by atoms with E-state index in [0.717, 1.165) is 31.5 Å². The number of rotatable bonds is 3. The zero-order valence-electron chi connectivity index (χ0n) is 11.4. The van der Waals surface area contributed by atoms with E-state index >= 15 is 0 Å². The van der Waals surface area contributed by atoms with Gasteiger partial charge in [-0.3, -0.25) is 9.88 Å². The maximum atomic E-state index is 11.0. The average Bonchev–Trinajstić information content (AvgIpc) is 3.10. The summed E-state index contributed by atoms with van der Waals surface area (Å²) >= 11 is 0. The Bertz CT molecular complexity index is 437. The summed E-state index contributed by atoms with van der Waals surface area (Å²) in [5, 5.41) is 11.0. The van der Waals surface area contributed by atoms with Crippen LogP contribution in [0.3, 0.4) is 0 Å². The fraction of sp³-hybridized carbons (Fsp3) is 0.667. The molecule has 1 aliphatic heterocycles. The minimum Gasteiger partial charge on any atom is -0.398 e. The Hall–Kier alpha value is -1.13. The van der Waals surface area contributed by atoms with E-state index in [1.807, 2.05) is 0 Å². The maximum Gasteiger partial charge on any atom is 0.101 e. The van der Waals surface area contributed by atoms with Gasteiger partial charge in [0.05, 0.1) is 5.54 Å². The third-order valence-electron chi connectivity index (χ3n) is 4.90. The van der Waals surface area contributed by atoms with Crippen LogP contribution in [0.1, 0.15) is 50.2 Å². The summed E-state index contributed by atoms with van der Waals surface area (Å²) in [4.78, 5) is 6.63. The second-order valence-corrected chi connectivity index (χ2v) is 5.91. The van der Waals surface area contributed by atoms with E-state index in [2.05, 4.69) is 9.88 Å². The summed E-state index contributed by atoms with van der Waals surface area (Å²) in [5.74, 6) is 0. The van der Waals surface area contributed by atoms with Crippen molar-refractivity contribution in [2.24, 2.45) is 0 Å². The summed E-state index contributed by atoms with van der Waals surface area (Å²) < 4.78 is 0. The van der Waals surface area contributed by atoms with Crippen LogP contribution < -0.4 is 5.73 Å². The molecular weight excluding hydrogens is 238 g/mol. The SMILES string of the molecule is Nc1ccncc1C(O)C1(N2CCCC2)CCCC1. The molecule has 19 heavy (non-hydrogen) atoms. The first-order valence-electron chi connectivity index (χ1n) is 7.36. The Kier molecular flexibility index (Phi) is 3.46. The van der Waals surface area contributed by atoms with E-state index < -0.39 is 6.10 Å². The average molecular weight is 261 g/mol. The number of aliphatic hydroxyl groups excluding tert-OH is 1. The summed E-state index contributed by atoms with van der Waals surface area (Å²) in [5.41, 5.74) is 7.39. The minimum absolute atomic E-state index is 0.104. The summed E-state index contributed by atoms with van der Waals surface area (Å²) in [7, 11) is 0. The van der Waals surface area contributed by atoms with E-state index in [9.17, 15) is 5.11 Å². The molecule has 1 unspecified atom stereocenters. The molecule has 1 saturated heterocycles. The van der Waals surface area contributed by atoms with Crippen LogP contribution in [-0.2, 0) is 0 Å². The molecule has 0 spiro atoms. The molecule has 0 bridgehead atoms. The van der Waals surface area contributed by atoms with Crippen molar-refractivity contribution in [3.05, 3.63) is 24.0 Å². The zero-order valence-corrected chi connectivity index (χ0v) is 11.4. The number of aromatic nitrogens is 1. The first-order valence-corrected chi connectivity index (χ1v) is 7.36. The van der Waals surface area contributed by atoms with Crippen molar-refractivity contribution in [2.45, 2.75) is 50.2 Å². The van der Waals surface area contributed by atoms with Gasteiger partial charge >= 0.3 is 0 Å². The fourth-order valence-corrected chi connectivity index (χ4v) is 3.85. The summed E-state index contributed by atoms with van der Waals surface area (Å²) in [6.07, 6.45) is 9.95. The molecule has 0 aromatic carbocycles. The fourth-order valence-electron chi connectivity index (χ4n) is 3.85. The number of hydrogen-bond donors (Lipinski definition) is 2. The van der Waals surface area contributed by atoms with E-state index in [1.54, 1.807) is 18.5 Å². The number of nitrogens with zero attached hydrogens (tertiary/aromatic N) is 2. The first-order chi connectivity index (χ1) is 9.24. The lowest BCUT2D eigenvalue weighted by molar-refractivity contribution is -0.0193. The monoisotopic (exact) mass is 261 g/mol. The van der Waals surface area contributed by atoms with Crippen molar-refractivity contribution >= 4 is 5.69 Å². The number of likely N-dealkylation sites (tertiary alicyclic amines) is 1. The highest BCUT2D eigenvalue weighted by Crippen LogP contribution is 2.46. The third kappa shape index (κ3) is 2.13. The van der Waals surface area contributed by atoms with Gasteiger partial charge in [0, 0.05) is 23.6 Å². The van der Waals surface area contributed by atoms with Crippen LogP contribution in [0, 0.1) is 0 Å². The number of nitrogens with two attached hydrogens (primary N) is 1. The van der Waals surface area contributed by atoms with Gasteiger partial charge in [-0.2, -0.15) is 0 Å². The highest BCUT2D eigenvalue weighted by Gasteiger charge is 2.47. The molecule has 1 aromatic heterocycles. The molecule has 0 radical (unpaired) electrons. The highest BCUT2D eigenvalue weighted by atomic mass is 16.3. The molecule has 1 aliphatic carbocycles. The third-order valence-corrected chi connectivity index (χ3v) is 4.90. The lowest BCUT2D eigenvalue weighted by atomic mass is 9.84. The van der Waals surface area contributed by atoms with Crippen LogP contribution in [0.2, 0.25) is 0 Å². The van der Waals surface area contributed by atoms with Gasteiger partial charge in [0.1, 0.15) is 6.10 Å². The number of pyridine rings is 1. The Morgan fingerprint density at radius 1 is 1.21 bits per heavy atom. The first kappa shape index (κ1) is 12.9. The van der Waals surface area contributed by atoms with E-state index in [4.69, 9.17) is 5.73 Å². The van der Waals surface area contributed by atoms with E-state index in [0.29, 0.717) is 5.69 Å². The second kappa shape index (κ2) is 5.10. The molecule has 2 aliphatic rings. The lowest BCUT2D eigenvalue weighted by Gasteiger charge is -2.43. The molecule has 104 valence electrons. The second-order valence-electron chi connectivity index (χ2n) is 5.91. The van der Waals surface area contributed by atoms with Crippen molar-refractivity contribution in [1.82, 2.24) is 9.88 Å².